The molecule has 3 rings (SSSR count). The molecule has 3 heteroatoms. The molecule has 1 atom stereocenters. The van der Waals surface area contributed by atoms with Crippen LogP contribution in [0.15, 0.2) is 36.4 Å². The normalized spacial score (nSPS) is 14.2. The maximum Gasteiger partial charge on any atom is 0.231 e. The highest BCUT2D eigenvalue weighted by atomic mass is 16.7. The molecule has 21 heavy (non-hydrogen) atoms. The molecule has 2 aromatic carbocycles. The fourth-order valence-corrected chi connectivity index (χ4v) is 2.74. The Hall–Kier alpha value is -2.00. The van der Waals surface area contributed by atoms with E-state index in [4.69, 9.17) is 9.47 Å². The number of benzene rings is 2. The van der Waals surface area contributed by atoms with Crippen LogP contribution in [0.2, 0.25) is 0 Å². The second-order valence-corrected chi connectivity index (χ2v) is 5.65. The quantitative estimate of drug-likeness (QED) is 0.923. The third-order valence-electron chi connectivity index (χ3n) is 3.94. The summed E-state index contributed by atoms with van der Waals surface area (Å²) in [5.74, 6) is 1.68. The van der Waals surface area contributed by atoms with Crippen LogP contribution in [0, 0.1) is 13.8 Å². The van der Waals surface area contributed by atoms with Crippen LogP contribution in [-0.2, 0) is 6.54 Å². The van der Waals surface area contributed by atoms with Crippen molar-refractivity contribution in [2.24, 2.45) is 0 Å². The summed E-state index contributed by atoms with van der Waals surface area (Å²) >= 11 is 0. The van der Waals surface area contributed by atoms with Crippen LogP contribution in [0.25, 0.3) is 0 Å². The van der Waals surface area contributed by atoms with Gasteiger partial charge >= 0.3 is 0 Å². The molecule has 1 aliphatic heterocycles. The second-order valence-electron chi connectivity index (χ2n) is 5.65. The summed E-state index contributed by atoms with van der Waals surface area (Å²) in [6.07, 6.45) is 0. The van der Waals surface area contributed by atoms with Crippen LogP contribution in [0.1, 0.15) is 35.2 Å². The van der Waals surface area contributed by atoms with Crippen molar-refractivity contribution in [1.82, 2.24) is 5.32 Å². The number of fused-ring (bicyclic) bond motifs is 1. The van der Waals surface area contributed by atoms with Crippen molar-refractivity contribution in [3.8, 4) is 11.5 Å². The van der Waals surface area contributed by atoms with Gasteiger partial charge in [-0.1, -0.05) is 29.8 Å². The van der Waals surface area contributed by atoms with Gasteiger partial charge in [0.2, 0.25) is 6.79 Å². The molecule has 0 fully saturated rings. The van der Waals surface area contributed by atoms with E-state index in [0.29, 0.717) is 12.8 Å². The van der Waals surface area contributed by atoms with Crippen molar-refractivity contribution >= 4 is 0 Å². The number of aryl methyl sites for hydroxylation is 2. The van der Waals surface area contributed by atoms with Crippen LogP contribution in [-0.4, -0.2) is 6.79 Å². The van der Waals surface area contributed by atoms with Gasteiger partial charge in [-0.2, -0.15) is 0 Å². The van der Waals surface area contributed by atoms with Gasteiger partial charge in [0.15, 0.2) is 11.5 Å². The van der Waals surface area contributed by atoms with Crippen LogP contribution in [0.3, 0.4) is 0 Å². The first-order chi connectivity index (χ1) is 10.1. The zero-order valence-electron chi connectivity index (χ0n) is 12.8. The molecule has 2 aromatic rings. The molecule has 0 spiro atoms. The fraction of sp³-hybridized carbons (Fsp3) is 0.333. The van der Waals surface area contributed by atoms with Crippen molar-refractivity contribution in [3.05, 3.63) is 58.7 Å². The molecule has 0 aromatic heterocycles. The summed E-state index contributed by atoms with van der Waals surface area (Å²) < 4.78 is 10.7. The van der Waals surface area contributed by atoms with Gasteiger partial charge in [-0.25, -0.2) is 0 Å². The van der Waals surface area contributed by atoms with Crippen LogP contribution in [0.5, 0.6) is 11.5 Å². The van der Waals surface area contributed by atoms with E-state index in [2.05, 4.69) is 50.4 Å². The van der Waals surface area contributed by atoms with Gasteiger partial charge < -0.3 is 14.8 Å². The summed E-state index contributed by atoms with van der Waals surface area (Å²) in [4.78, 5) is 0. The molecule has 3 nitrogen and oxygen atoms in total. The predicted molar refractivity (Wildman–Crippen MR) is 83.7 cm³/mol. The molecule has 1 N–H and O–H groups in total. The van der Waals surface area contributed by atoms with Crippen LogP contribution < -0.4 is 14.8 Å². The Kier molecular flexibility index (Phi) is 3.84. The second kappa shape index (κ2) is 5.78. The Morgan fingerprint density at radius 2 is 1.86 bits per heavy atom. The van der Waals surface area contributed by atoms with E-state index >= 15 is 0 Å². The molecule has 0 amide bonds. The minimum absolute atomic E-state index is 0.316. The summed E-state index contributed by atoms with van der Waals surface area (Å²) in [5, 5.41) is 3.57. The monoisotopic (exact) mass is 283 g/mol. The lowest BCUT2D eigenvalue weighted by atomic mass is 10.00. The maximum atomic E-state index is 5.41. The first-order valence-electron chi connectivity index (χ1n) is 7.32. The van der Waals surface area contributed by atoms with Gasteiger partial charge in [0.05, 0.1) is 0 Å². The van der Waals surface area contributed by atoms with E-state index < -0.39 is 0 Å². The minimum atomic E-state index is 0.316. The maximum absolute atomic E-state index is 5.41. The van der Waals surface area contributed by atoms with Gasteiger partial charge in [-0.3, -0.25) is 0 Å². The molecule has 0 radical (unpaired) electrons. The molecule has 0 bridgehead atoms. The molecule has 1 heterocycles. The van der Waals surface area contributed by atoms with E-state index in [1.54, 1.807) is 0 Å². The topological polar surface area (TPSA) is 30.5 Å². The Labute approximate surface area is 125 Å². The van der Waals surface area contributed by atoms with Gasteiger partial charge in [0, 0.05) is 12.6 Å². The van der Waals surface area contributed by atoms with E-state index in [0.717, 1.165) is 18.0 Å². The lowest BCUT2D eigenvalue weighted by Crippen LogP contribution is -2.18. The van der Waals surface area contributed by atoms with Crippen molar-refractivity contribution in [2.45, 2.75) is 33.4 Å². The average molecular weight is 283 g/mol. The zero-order valence-corrected chi connectivity index (χ0v) is 12.8. The summed E-state index contributed by atoms with van der Waals surface area (Å²) in [6, 6.07) is 13.0. The van der Waals surface area contributed by atoms with Crippen molar-refractivity contribution in [2.75, 3.05) is 6.79 Å². The Bertz CT molecular complexity index is 652. The largest absolute Gasteiger partial charge is 0.454 e. The molecular formula is C18H21NO2. The molecule has 0 saturated carbocycles. The molecule has 1 unspecified atom stereocenters. The number of nitrogens with one attached hydrogen (secondary N) is 1. The summed E-state index contributed by atoms with van der Waals surface area (Å²) in [5.41, 5.74) is 5.19. The lowest BCUT2D eigenvalue weighted by molar-refractivity contribution is 0.174. The third kappa shape index (κ3) is 3.03. The van der Waals surface area contributed by atoms with Crippen LogP contribution >= 0.6 is 0 Å². The lowest BCUT2D eigenvalue weighted by Gasteiger charge is -2.17. The molecule has 1 aliphatic rings. The van der Waals surface area contributed by atoms with E-state index in [-0.39, 0.29) is 0 Å². The molecule has 0 saturated heterocycles. The highest BCUT2D eigenvalue weighted by Gasteiger charge is 2.14. The van der Waals surface area contributed by atoms with Gasteiger partial charge in [-0.05, 0) is 49.6 Å². The molecule has 110 valence electrons. The fourth-order valence-electron chi connectivity index (χ4n) is 2.74. The molecular weight excluding hydrogens is 262 g/mol. The first kappa shape index (κ1) is 14.0. The summed E-state index contributed by atoms with van der Waals surface area (Å²) in [7, 11) is 0. The zero-order chi connectivity index (χ0) is 14.8. The van der Waals surface area contributed by atoms with E-state index in [1.165, 1.54) is 22.3 Å². The van der Waals surface area contributed by atoms with Crippen LogP contribution in [0.4, 0.5) is 0 Å². The number of rotatable bonds is 4. The van der Waals surface area contributed by atoms with Gasteiger partial charge in [0.1, 0.15) is 0 Å². The Balaban J connectivity index is 1.67. The smallest absolute Gasteiger partial charge is 0.231 e. The highest BCUT2D eigenvalue weighted by molar-refractivity contribution is 5.44. The average Bonchev–Trinajstić information content (AvgIpc) is 2.92. The van der Waals surface area contributed by atoms with Crippen molar-refractivity contribution < 1.29 is 9.47 Å². The van der Waals surface area contributed by atoms with Gasteiger partial charge in [0.25, 0.3) is 0 Å². The highest BCUT2D eigenvalue weighted by Crippen LogP contribution is 2.32. The van der Waals surface area contributed by atoms with Gasteiger partial charge in [-0.15, -0.1) is 0 Å². The minimum Gasteiger partial charge on any atom is -0.454 e. The SMILES string of the molecule is Cc1ccc(C(C)NCc2ccc3c(c2)OCO3)c(C)c1. The number of ether oxygens (including phenoxy) is 2. The summed E-state index contributed by atoms with van der Waals surface area (Å²) in [6.45, 7) is 7.63. The van der Waals surface area contributed by atoms with Crippen molar-refractivity contribution in [3.63, 3.8) is 0 Å². The Morgan fingerprint density at radius 3 is 2.67 bits per heavy atom. The first-order valence-corrected chi connectivity index (χ1v) is 7.32. The molecule has 0 aliphatic carbocycles. The number of hydrogen-bond donors (Lipinski definition) is 1. The number of hydrogen-bond acceptors (Lipinski definition) is 3. The standard InChI is InChI=1S/C18H21NO2/c1-12-4-6-16(13(2)8-12)14(3)19-10-15-5-7-17-18(9-15)21-11-20-17/h4-9,14,19H,10-11H2,1-3H3. The third-order valence-corrected chi connectivity index (χ3v) is 3.94. The van der Waals surface area contributed by atoms with E-state index in [9.17, 15) is 0 Å². The van der Waals surface area contributed by atoms with Crippen molar-refractivity contribution in [1.29, 1.82) is 0 Å². The predicted octanol–water partition coefficient (Wildman–Crippen LogP) is 3.88. The van der Waals surface area contributed by atoms with E-state index in [1.807, 2.05) is 12.1 Å². The Morgan fingerprint density at radius 1 is 1.05 bits per heavy atom.